The molecule has 0 radical (unpaired) electrons. The van der Waals surface area contributed by atoms with Gasteiger partial charge in [-0.2, -0.15) is 0 Å². The van der Waals surface area contributed by atoms with Crippen LogP contribution < -0.4 is 0 Å². The molecule has 0 bridgehead atoms. The number of nitrogens with zero attached hydrogens (tertiary/aromatic N) is 1. The highest BCUT2D eigenvalue weighted by atomic mass is 16.3. The Morgan fingerprint density at radius 3 is 2.28 bits per heavy atom. The summed E-state index contributed by atoms with van der Waals surface area (Å²) in [5.41, 5.74) is 4.12. The van der Waals surface area contributed by atoms with Gasteiger partial charge in [0.25, 0.3) is 0 Å². The predicted molar refractivity (Wildman–Crippen MR) is 105 cm³/mol. The molecular formula is C23H31NO. The fraction of sp³-hybridized carbons (Fsp3) is 0.478. The summed E-state index contributed by atoms with van der Waals surface area (Å²) in [6.07, 6.45) is 4.56. The standard InChI is InChI=1S/C23H31NO/c1-18(2)20-11-13-21(14-12-20)23(16-19-8-4-3-5-9-19)24-15-7-6-10-22(24)17-25/h3-5,8-9,11-14,18,22-23,25H,6-7,10,15-17H2,1-2H3. The molecule has 0 saturated carbocycles. The van der Waals surface area contributed by atoms with Crippen molar-refractivity contribution in [1.29, 1.82) is 0 Å². The summed E-state index contributed by atoms with van der Waals surface area (Å²) in [5, 5.41) is 9.90. The van der Waals surface area contributed by atoms with Gasteiger partial charge in [0, 0.05) is 12.1 Å². The number of aliphatic hydroxyl groups is 1. The predicted octanol–water partition coefficient (Wildman–Crippen LogP) is 4.94. The second-order valence-corrected chi connectivity index (χ2v) is 7.60. The van der Waals surface area contributed by atoms with Crippen LogP contribution in [0.15, 0.2) is 54.6 Å². The van der Waals surface area contributed by atoms with Crippen molar-refractivity contribution in [1.82, 2.24) is 4.90 Å². The van der Waals surface area contributed by atoms with Gasteiger partial charge in [0.1, 0.15) is 0 Å². The second-order valence-electron chi connectivity index (χ2n) is 7.60. The topological polar surface area (TPSA) is 23.5 Å². The highest BCUT2D eigenvalue weighted by Gasteiger charge is 2.29. The van der Waals surface area contributed by atoms with Gasteiger partial charge in [-0.15, -0.1) is 0 Å². The minimum absolute atomic E-state index is 0.259. The van der Waals surface area contributed by atoms with Crippen molar-refractivity contribution in [3.63, 3.8) is 0 Å². The monoisotopic (exact) mass is 337 g/mol. The zero-order chi connectivity index (χ0) is 17.6. The zero-order valence-corrected chi connectivity index (χ0v) is 15.6. The number of hydrogen-bond acceptors (Lipinski definition) is 2. The molecule has 1 heterocycles. The van der Waals surface area contributed by atoms with Crippen LogP contribution in [-0.2, 0) is 6.42 Å². The van der Waals surface area contributed by atoms with Crippen LogP contribution >= 0.6 is 0 Å². The first-order valence-corrected chi connectivity index (χ1v) is 9.69. The molecule has 2 unspecified atom stereocenters. The highest BCUT2D eigenvalue weighted by Crippen LogP contribution is 2.32. The molecule has 2 aromatic rings. The van der Waals surface area contributed by atoms with E-state index in [0.717, 1.165) is 19.4 Å². The van der Waals surface area contributed by atoms with Gasteiger partial charge in [-0.25, -0.2) is 0 Å². The van der Waals surface area contributed by atoms with Crippen LogP contribution in [0.3, 0.4) is 0 Å². The van der Waals surface area contributed by atoms with E-state index in [-0.39, 0.29) is 12.6 Å². The van der Waals surface area contributed by atoms with Crippen molar-refractivity contribution in [2.24, 2.45) is 0 Å². The number of piperidine rings is 1. The Kier molecular flexibility index (Phi) is 6.28. The van der Waals surface area contributed by atoms with E-state index in [1.807, 2.05) is 0 Å². The van der Waals surface area contributed by atoms with E-state index in [2.05, 4.69) is 73.3 Å². The van der Waals surface area contributed by atoms with E-state index in [1.165, 1.54) is 29.5 Å². The summed E-state index contributed by atoms with van der Waals surface area (Å²) in [6.45, 7) is 5.82. The lowest BCUT2D eigenvalue weighted by Gasteiger charge is -2.41. The molecule has 1 saturated heterocycles. The zero-order valence-electron chi connectivity index (χ0n) is 15.6. The summed E-state index contributed by atoms with van der Waals surface area (Å²) in [5.74, 6) is 0.557. The molecule has 1 N–H and O–H groups in total. The van der Waals surface area contributed by atoms with Gasteiger partial charge in [-0.1, -0.05) is 74.9 Å². The lowest BCUT2D eigenvalue weighted by atomic mass is 9.91. The van der Waals surface area contributed by atoms with Gasteiger partial charge in [-0.3, -0.25) is 4.90 Å². The molecule has 25 heavy (non-hydrogen) atoms. The van der Waals surface area contributed by atoms with E-state index < -0.39 is 0 Å². The summed E-state index contributed by atoms with van der Waals surface area (Å²) < 4.78 is 0. The Hall–Kier alpha value is -1.64. The number of benzene rings is 2. The fourth-order valence-corrected chi connectivity index (χ4v) is 4.00. The third-order valence-electron chi connectivity index (χ3n) is 5.54. The van der Waals surface area contributed by atoms with E-state index >= 15 is 0 Å². The first-order chi connectivity index (χ1) is 12.2. The van der Waals surface area contributed by atoms with Gasteiger partial charge >= 0.3 is 0 Å². The van der Waals surface area contributed by atoms with Gasteiger partial charge in [0.2, 0.25) is 0 Å². The van der Waals surface area contributed by atoms with Crippen molar-refractivity contribution in [2.45, 2.75) is 57.5 Å². The molecule has 0 amide bonds. The average molecular weight is 338 g/mol. The Morgan fingerprint density at radius 2 is 1.64 bits per heavy atom. The summed E-state index contributed by atoms with van der Waals surface area (Å²) in [7, 11) is 0. The van der Waals surface area contributed by atoms with E-state index in [0.29, 0.717) is 12.0 Å². The van der Waals surface area contributed by atoms with E-state index in [1.54, 1.807) is 0 Å². The molecule has 2 atom stereocenters. The van der Waals surface area contributed by atoms with Gasteiger partial charge < -0.3 is 5.11 Å². The van der Waals surface area contributed by atoms with Crippen molar-refractivity contribution >= 4 is 0 Å². The molecule has 1 aliphatic heterocycles. The van der Waals surface area contributed by atoms with Gasteiger partial charge in [0.05, 0.1) is 6.61 Å². The number of rotatable bonds is 6. The van der Waals surface area contributed by atoms with Crippen LogP contribution in [0.2, 0.25) is 0 Å². The molecule has 2 aromatic carbocycles. The van der Waals surface area contributed by atoms with Crippen LogP contribution in [0.25, 0.3) is 0 Å². The summed E-state index contributed by atoms with van der Waals surface area (Å²) in [4.78, 5) is 2.54. The third kappa shape index (κ3) is 4.50. The number of aliphatic hydroxyl groups excluding tert-OH is 1. The molecule has 0 aliphatic carbocycles. The SMILES string of the molecule is CC(C)c1ccc(C(Cc2ccccc2)N2CCCCC2CO)cc1. The maximum absolute atomic E-state index is 9.90. The van der Waals surface area contributed by atoms with Crippen molar-refractivity contribution in [2.75, 3.05) is 13.2 Å². The Balaban J connectivity index is 1.90. The maximum atomic E-state index is 9.90. The molecule has 1 aliphatic rings. The molecule has 0 spiro atoms. The van der Waals surface area contributed by atoms with Gasteiger partial charge in [0.15, 0.2) is 0 Å². The number of likely N-dealkylation sites (tertiary alicyclic amines) is 1. The molecule has 2 nitrogen and oxygen atoms in total. The van der Waals surface area contributed by atoms with E-state index in [4.69, 9.17) is 0 Å². The first kappa shape index (κ1) is 18.2. The van der Waals surface area contributed by atoms with Crippen LogP contribution in [0, 0.1) is 0 Å². The molecule has 1 fully saturated rings. The molecular weight excluding hydrogens is 306 g/mol. The molecule has 0 aromatic heterocycles. The molecule has 2 heteroatoms. The summed E-state index contributed by atoms with van der Waals surface area (Å²) >= 11 is 0. The third-order valence-corrected chi connectivity index (χ3v) is 5.54. The highest BCUT2D eigenvalue weighted by molar-refractivity contribution is 5.29. The molecule has 134 valence electrons. The smallest absolute Gasteiger partial charge is 0.0587 e. The Morgan fingerprint density at radius 1 is 0.960 bits per heavy atom. The van der Waals surface area contributed by atoms with Gasteiger partial charge in [-0.05, 0) is 48.4 Å². The first-order valence-electron chi connectivity index (χ1n) is 9.69. The lowest BCUT2D eigenvalue weighted by Crippen LogP contribution is -2.44. The van der Waals surface area contributed by atoms with Crippen LogP contribution in [0.4, 0.5) is 0 Å². The minimum Gasteiger partial charge on any atom is -0.395 e. The van der Waals surface area contributed by atoms with Crippen molar-refractivity contribution < 1.29 is 5.11 Å². The number of hydrogen-bond donors (Lipinski definition) is 1. The van der Waals surface area contributed by atoms with Crippen LogP contribution in [-0.4, -0.2) is 29.2 Å². The van der Waals surface area contributed by atoms with Crippen LogP contribution in [0.1, 0.15) is 61.8 Å². The minimum atomic E-state index is 0.259. The summed E-state index contributed by atoms with van der Waals surface area (Å²) in [6, 6.07) is 20.5. The van der Waals surface area contributed by atoms with Crippen LogP contribution in [0.5, 0.6) is 0 Å². The maximum Gasteiger partial charge on any atom is 0.0587 e. The quantitative estimate of drug-likeness (QED) is 0.807. The molecule has 3 rings (SSSR count). The normalized spacial score (nSPS) is 19.9. The Bertz CT molecular complexity index is 635. The largest absolute Gasteiger partial charge is 0.395 e. The van der Waals surface area contributed by atoms with Crippen molar-refractivity contribution in [3.8, 4) is 0 Å². The lowest BCUT2D eigenvalue weighted by molar-refractivity contribution is 0.0522. The Labute approximate surface area is 152 Å². The van der Waals surface area contributed by atoms with E-state index in [9.17, 15) is 5.11 Å². The average Bonchev–Trinajstić information content (AvgIpc) is 2.67. The second kappa shape index (κ2) is 8.64. The van der Waals surface area contributed by atoms with Crippen molar-refractivity contribution in [3.05, 3.63) is 71.3 Å². The fourth-order valence-electron chi connectivity index (χ4n) is 4.00.